The molecule has 3 unspecified atom stereocenters. The second kappa shape index (κ2) is 6.18. The highest BCUT2D eigenvalue weighted by Gasteiger charge is 2.43. The van der Waals surface area contributed by atoms with Crippen molar-refractivity contribution >= 4 is 5.91 Å². The predicted molar refractivity (Wildman–Crippen MR) is 84.8 cm³/mol. The zero-order valence-electron chi connectivity index (χ0n) is 13.1. The van der Waals surface area contributed by atoms with Crippen LogP contribution in [0.15, 0.2) is 30.3 Å². The second-order valence-electron chi connectivity index (χ2n) is 6.51. The average molecular weight is 286 g/mol. The lowest BCUT2D eigenvalue weighted by Gasteiger charge is -2.39. The van der Waals surface area contributed by atoms with Gasteiger partial charge in [0.1, 0.15) is 0 Å². The molecule has 1 N–H and O–H groups in total. The topological polar surface area (TPSA) is 32.3 Å². The Morgan fingerprint density at radius 2 is 2.00 bits per heavy atom. The van der Waals surface area contributed by atoms with Crippen LogP contribution in [0.4, 0.5) is 0 Å². The fraction of sp³-hybridized carbons (Fsp3) is 0.611. The highest BCUT2D eigenvalue weighted by molar-refractivity contribution is 5.85. The molecule has 2 fully saturated rings. The van der Waals surface area contributed by atoms with Gasteiger partial charge in [0.25, 0.3) is 0 Å². The Balaban J connectivity index is 1.71. The number of benzene rings is 1. The van der Waals surface area contributed by atoms with Crippen LogP contribution >= 0.6 is 0 Å². The van der Waals surface area contributed by atoms with Gasteiger partial charge in [0.05, 0.1) is 12.2 Å². The SMILES string of the molecule is CCC1NC(Cc2ccccc2)C(=O)N1C(C)C1CCC1. The first kappa shape index (κ1) is 14.6. The molecule has 1 saturated heterocycles. The molecule has 0 radical (unpaired) electrons. The molecular formula is C18H26N2O. The first-order valence-corrected chi connectivity index (χ1v) is 8.33. The normalized spacial score (nSPS) is 27.7. The van der Waals surface area contributed by atoms with Gasteiger partial charge in [0, 0.05) is 6.04 Å². The summed E-state index contributed by atoms with van der Waals surface area (Å²) >= 11 is 0. The first-order chi connectivity index (χ1) is 10.2. The third-order valence-electron chi connectivity index (χ3n) is 5.22. The van der Waals surface area contributed by atoms with Gasteiger partial charge in [-0.1, -0.05) is 43.7 Å². The van der Waals surface area contributed by atoms with Crippen LogP contribution in [0.1, 0.15) is 45.1 Å². The van der Waals surface area contributed by atoms with E-state index < -0.39 is 0 Å². The summed E-state index contributed by atoms with van der Waals surface area (Å²) in [6.45, 7) is 4.40. The molecule has 3 atom stereocenters. The first-order valence-electron chi connectivity index (χ1n) is 8.33. The summed E-state index contributed by atoms with van der Waals surface area (Å²) in [4.78, 5) is 15.0. The molecule has 1 amide bonds. The molecule has 0 spiro atoms. The van der Waals surface area contributed by atoms with E-state index in [1.54, 1.807) is 0 Å². The van der Waals surface area contributed by atoms with E-state index in [0.29, 0.717) is 17.9 Å². The Kier molecular flexibility index (Phi) is 4.29. The van der Waals surface area contributed by atoms with Crippen LogP contribution in [0.25, 0.3) is 0 Å². The van der Waals surface area contributed by atoms with Crippen LogP contribution in [0, 0.1) is 5.92 Å². The lowest BCUT2D eigenvalue weighted by Crippen LogP contribution is -2.47. The number of carbonyl (C=O) groups is 1. The van der Waals surface area contributed by atoms with Gasteiger partial charge in [-0.25, -0.2) is 0 Å². The molecule has 1 aliphatic heterocycles. The molecule has 1 heterocycles. The molecule has 1 aromatic rings. The number of carbonyl (C=O) groups excluding carboxylic acids is 1. The number of amides is 1. The Morgan fingerprint density at radius 3 is 2.57 bits per heavy atom. The highest BCUT2D eigenvalue weighted by Crippen LogP contribution is 2.34. The van der Waals surface area contributed by atoms with Gasteiger partial charge in [-0.15, -0.1) is 0 Å². The van der Waals surface area contributed by atoms with Crippen molar-refractivity contribution in [2.45, 2.75) is 64.2 Å². The molecule has 21 heavy (non-hydrogen) atoms. The third-order valence-corrected chi connectivity index (χ3v) is 5.22. The summed E-state index contributed by atoms with van der Waals surface area (Å²) in [6, 6.07) is 10.6. The van der Waals surface area contributed by atoms with E-state index in [-0.39, 0.29) is 12.2 Å². The van der Waals surface area contributed by atoms with E-state index in [1.807, 2.05) is 18.2 Å². The molecule has 3 heteroatoms. The highest BCUT2D eigenvalue weighted by atomic mass is 16.2. The van der Waals surface area contributed by atoms with E-state index >= 15 is 0 Å². The Bertz CT molecular complexity index is 483. The third kappa shape index (κ3) is 2.84. The van der Waals surface area contributed by atoms with E-state index in [4.69, 9.17) is 0 Å². The Morgan fingerprint density at radius 1 is 1.29 bits per heavy atom. The molecule has 0 aromatic heterocycles. The lowest BCUT2D eigenvalue weighted by atomic mass is 9.79. The van der Waals surface area contributed by atoms with Crippen LogP contribution in [0.2, 0.25) is 0 Å². The Hall–Kier alpha value is -1.35. The maximum Gasteiger partial charge on any atom is 0.241 e. The number of hydrogen-bond acceptors (Lipinski definition) is 2. The van der Waals surface area contributed by atoms with Gasteiger partial charge in [0.2, 0.25) is 5.91 Å². The van der Waals surface area contributed by atoms with Gasteiger partial charge in [-0.05, 0) is 44.1 Å². The fourth-order valence-corrected chi connectivity index (χ4v) is 3.66. The molecule has 1 aliphatic carbocycles. The Labute approximate surface area is 127 Å². The van der Waals surface area contributed by atoms with Crippen molar-refractivity contribution in [1.29, 1.82) is 0 Å². The lowest BCUT2D eigenvalue weighted by molar-refractivity contribution is -0.133. The second-order valence-corrected chi connectivity index (χ2v) is 6.51. The molecule has 1 aromatic carbocycles. The average Bonchev–Trinajstić information content (AvgIpc) is 2.74. The summed E-state index contributed by atoms with van der Waals surface area (Å²) in [5.74, 6) is 1.00. The van der Waals surface area contributed by atoms with Crippen LogP contribution in [-0.2, 0) is 11.2 Å². The quantitative estimate of drug-likeness (QED) is 0.902. The molecule has 3 rings (SSSR count). The zero-order chi connectivity index (χ0) is 14.8. The zero-order valence-corrected chi connectivity index (χ0v) is 13.1. The molecule has 3 nitrogen and oxygen atoms in total. The summed E-state index contributed by atoms with van der Waals surface area (Å²) in [6.07, 6.45) is 5.88. The van der Waals surface area contributed by atoms with Crippen molar-refractivity contribution in [3.8, 4) is 0 Å². The van der Waals surface area contributed by atoms with Gasteiger partial charge >= 0.3 is 0 Å². The van der Waals surface area contributed by atoms with E-state index in [9.17, 15) is 4.79 Å². The van der Waals surface area contributed by atoms with E-state index in [2.05, 4.69) is 36.2 Å². The van der Waals surface area contributed by atoms with Gasteiger partial charge < -0.3 is 4.90 Å². The van der Waals surface area contributed by atoms with Crippen molar-refractivity contribution in [1.82, 2.24) is 10.2 Å². The van der Waals surface area contributed by atoms with Crippen LogP contribution < -0.4 is 5.32 Å². The minimum Gasteiger partial charge on any atom is -0.323 e. The molecule has 114 valence electrons. The maximum atomic E-state index is 12.8. The largest absolute Gasteiger partial charge is 0.323 e. The number of nitrogens with one attached hydrogen (secondary N) is 1. The van der Waals surface area contributed by atoms with Crippen molar-refractivity contribution in [2.24, 2.45) is 5.92 Å². The summed E-state index contributed by atoms with van der Waals surface area (Å²) in [5.41, 5.74) is 1.23. The standard InChI is InChI=1S/C18H26N2O/c1-3-17-19-16(12-14-8-5-4-6-9-14)18(21)20(17)13(2)15-10-7-11-15/h4-6,8-9,13,15-17,19H,3,7,10-12H2,1-2H3. The van der Waals surface area contributed by atoms with Crippen LogP contribution in [0.3, 0.4) is 0 Å². The smallest absolute Gasteiger partial charge is 0.241 e. The predicted octanol–water partition coefficient (Wildman–Crippen LogP) is 2.95. The van der Waals surface area contributed by atoms with Crippen molar-refractivity contribution in [3.05, 3.63) is 35.9 Å². The van der Waals surface area contributed by atoms with Gasteiger partial charge in [0.15, 0.2) is 0 Å². The van der Waals surface area contributed by atoms with Crippen molar-refractivity contribution in [2.75, 3.05) is 0 Å². The molecule has 2 aliphatic rings. The number of nitrogens with zero attached hydrogens (tertiary/aromatic N) is 1. The molecule has 1 saturated carbocycles. The number of hydrogen-bond donors (Lipinski definition) is 1. The van der Waals surface area contributed by atoms with Crippen molar-refractivity contribution < 1.29 is 4.79 Å². The fourth-order valence-electron chi connectivity index (χ4n) is 3.66. The minimum atomic E-state index is -0.0557. The van der Waals surface area contributed by atoms with Crippen molar-refractivity contribution in [3.63, 3.8) is 0 Å². The molecule has 0 bridgehead atoms. The van der Waals surface area contributed by atoms with Crippen LogP contribution in [-0.4, -0.2) is 29.1 Å². The number of rotatable bonds is 5. The van der Waals surface area contributed by atoms with E-state index in [1.165, 1.54) is 24.8 Å². The minimum absolute atomic E-state index is 0.0557. The molecular weight excluding hydrogens is 260 g/mol. The monoisotopic (exact) mass is 286 g/mol. The summed E-state index contributed by atoms with van der Waals surface area (Å²) < 4.78 is 0. The maximum absolute atomic E-state index is 12.8. The van der Waals surface area contributed by atoms with Gasteiger partial charge in [-0.3, -0.25) is 10.1 Å². The summed E-state index contributed by atoms with van der Waals surface area (Å²) in [7, 11) is 0. The summed E-state index contributed by atoms with van der Waals surface area (Å²) in [5, 5.41) is 3.55. The van der Waals surface area contributed by atoms with E-state index in [0.717, 1.165) is 12.8 Å². The van der Waals surface area contributed by atoms with Crippen LogP contribution in [0.5, 0.6) is 0 Å². The van der Waals surface area contributed by atoms with Gasteiger partial charge in [-0.2, -0.15) is 0 Å².